The van der Waals surface area contributed by atoms with Crippen LogP contribution in [0.5, 0.6) is 5.75 Å². The number of rotatable bonds is 7. The van der Waals surface area contributed by atoms with Crippen LogP contribution in [0.2, 0.25) is 15.1 Å². The SMILES string of the molecule is CSNC(=O)Cc1ccc(OC2CC3CC[C@H](C2)N3C(=O)NCc2ccc(Cl)cc2Cl)c(Cl)c1. The zero-order chi connectivity index (χ0) is 24.2. The average molecular weight is 543 g/mol. The van der Waals surface area contributed by atoms with E-state index in [4.69, 9.17) is 39.5 Å². The molecule has 4 rings (SSSR count). The molecule has 34 heavy (non-hydrogen) atoms. The van der Waals surface area contributed by atoms with E-state index in [0.717, 1.165) is 36.8 Å². The van der Waals surface area contributed by atoms with Crippen molar-refractivity contribution in [1.82, 2.24) is 14.9 Å². The van der Waals surface area contributed by atoms with Crippen molar-refractivity contribution in [2.24, 2.45) is 0 Å². The molecule has 3 atom stereocenters. The van der Waals surface area contributed by atoms with Gasteiger partial charge in [-0.1, -0.05) is 58.9 Å². The monoisotopic (exact) mass is 541 g/mol. The molecule has 2 heterocycles. The number of carbonyl (C=O) groups excluding carboxylic acids is 2. The van der Waals surface area contributed by atoms with Gasteiger partial charge in [0, 0.05) is 47.8 Å². The summed E-state index contributed by atoms with van der Waals surface area (Å²) in [5, 5.41) is 4.59. The van der Waals surface area contributed by atoms with Crippen molar-refractivity contribution in [1.29, 1.82) is 0 Å². The zero-order valence-corrected chi connectivity index (χ0v) is 21.7. The Hall–Kier alpha value is -1.80. The van der Waals surface area contributed by atoms with Gasteiger partial charge in [-0.05, 0) is 48.2 Å². The Kier molecular flexibility index (Phi) is 8.40. The van der Waals surface area contributed by atoms with Crippen molar-refractivity contribution in [2.75, 3.05) is 6.26 Å². The molecule has 2 fully saturated rings. The van der Waals surface area contributed by atoms with Crippen molar-refractivity contribution in [3.8, 4) is 5.75 Å². The largest absolute Gasteiger partial charge is 0.489 e. The third kappa shape index (κ3) is 6.06. The van der Waals surface area contributed by atoms with E-state index in [1.807, 2.05) is 23.1 Å². The fourth-order valence-corrected chi connectivity index (χ4v) is 5.77. The molecule has 6 nitrogen and oxygen atoms in total. The van der Waals surface area contributed by atoms with Crippen LogP contribution in [-0.4, -0.2) is 41.3 Å². The van der Waals surface area contributed by atoms with Crippen LogP contribution in [-0.2, 0) is 17.8 Å². The van der Waals surface area contributed by atoms with Crippen molar-refractivity contribution in [3.05, 3.63) is 62.6 Å². The third-order valence-corrected chi connectivity index (χ3v) is 7.55. The van der Waals surface area contributed by atoms with Crippen LogP contribution in [0.1, 0.15) is 36.8 Å². The van der Waals surface area contributed by atoms with Gasteiger partial charge in [0.1, 0.15) is 11.9 Å². The first-order valence-electron chi connectivity index (χ1n) is 11.1. The van der Waals surface area contributed by atoms with Gasteiger partial charge in [0.2, 0.25) is 5.91 Å². The number of fused-ring (bicyclic) bond motifs is 2. The summed E-state index contributed by atoms with van der Waals surface area (Å²) in [6.45, 7) is 0.349. The number of amides is 3. The predicted molar refractivity (Wildman–Crippen MR) is 138 cm³/mol. The van der Waals surface area contributed by atoms with Gasteiger partial charge in [-0.3, -0.25) is 4.79 Å². The lowest BCUT2D eigenvalue weighted by atomic mass is 10.00. The molecule has 2 N–H and O–H groups in total. The fourth-order valence-electron chi connectivity index (χ4n) is 4.75. The smallest absolute Gasteiger partial charge is 0.318 e. The molecule has 0 radical (unpaired) electrons. The molecule has 2 bridgehead atoms. The molecule has 2 aliphatic heterocycles. The van der Waals surface area contributed by atoms with Gasteiger partial charge in [0.25, 0.3) is 0 Å². The van der Waals surface area contributed by atoms with E-state index in [-0.39, 0.29) is 36.5 Å². The number of carbonyl (C=O) groups is 2. The maximum Gasteiger partial charge on any atom is 0.318 e. The van der Waals surface area contributed by atoms with Crippen LogP contribution < -0.4 is 14.8 Å². The molecule has 3 amide bonds. The highest BCUT2D eigenvalue weighted by atomic mass is 35.5. The van der Waals surface area contributed by atoms with Crippen molar-refractivity contribution < 1.29 is 14.3 Å². The van der Waals surface area contributed by atoms with Crippen molar-refractivity contribution in [2.45, 2.75) is 56.8 Å². The molecule has 10 heteroatoms. The Morgan fingerprint density at radius 2 is 1.79 bits per heavy atom. The average Bonchev–Trinajstić information content (AvgIpc) is 3.05. The molecule has 0 aromatic heterocycles. The van der Waals surface area contributed by atoms with Crippen molar-refractivity contribution >= 4 is 58.7 Å². The van der Waals surface area contributed by atoms with Crippen LogP contribution in [0.15, 0.2) is 36.4 Å². The minimum Gasteiger partial charge on any atom is -0.489 e. The van der Waals surface area contributed by atoms with Gasteiger partial charge in [0.15, 0.2) is 0 Å². The third-order valence-electron chi connectivity index (χ3n) is 6.24. The van der Waals surface area contributed by atoms with E-state index in [0.29, 0.717) is 27.4 Å². The maximum absolute atomic E-state index is 13.0. The zero-order valence-electron chi connectivity index (χ0n) is 18.7. The first-order valence-corrected chi connectivity index (χ1v) is 13.5. The summed E-state index contributed by atoms with van der Waals surface area (Å²) in [5.74, 6) is 0.535. The van der Waals surface area contributed by atoms with Gasteiger partial charge in [-0.25, -0.2) is 4.79 Å². The molecule has 2 aliphatic rings. The summed E-state index contributed by atoms with van der Waals surface area (Å²) < 4.78 is 8.93. The fraction of sp³-hybridized carbons (Fsp3) is 0.417. The summed E-state index contributed by atoms with van der Waals surface area (Å²) in [5.41, 5.74) is 1.66. The molecule has 2 unspecified atom stereocenters. The molecule has 2 aromatic rings. The van der Waals surface area contributed by atoms with E-state index >= 15 is 0 Å². The molecule has 2 saturated heterocycles. The summed E-state index contributed by atoms with van der Waals surface area (Å²) in [6, 6.07) is 10.9. The molecular weight excluding hydrogens is 517 g/mol. The second-order valence-corrected chi connectivity index (χ2v) is 10.4. The number of halogens is 3. The molecule has 0 spiro atoms. The van der Waals surface area contributed by atoms with Crippen LogP contribution >= 0.6 is 46.8 Å². The summed E-state index contributed by atoms with van der Waals surface area (Å²) in [7, 11) is 0. The van der Waals surface area contributed by atoms with E-state index < -0.39 is 0 Å². The van der Waals surface area contributed by atoms with Crippen molar-refractivity contribution in [3.63, 3.8) is 0 Å². The van der Waals surface area contributed by atoms with Gasteiger partial charge in [-0.2, -0.15) is 0 Å². The Bertz CT molecular complexity index is 1060. The lowest BCUT2D eigenvalue weighted by Gasteiger charge is -2.39. The molecule has 2 aromatic carbocycles. The Labute approximate surface area is 218 Å². The highest BCUT2D eigenvalue weighted by molar-refractivity contribution is 7.97. The predicted octanol–water partition coefficient (Wildman–Crippen LogP) is 5.87. The summed E-state index contributed by atoms with van der Waals surface area (Å²) in [4.78, 5) is 26.7. The first kappa shape index (κ1) is 25.3. The number of nitrogens with one attached hydrogen (secondary N) is 2. The van der Waals surface area contributed by atoms with Gasteiger partial charge in [-0.15, -0.1) is 0 Å². The molecule has 182 valence electrons. The highest BCUT2D eigenvalue weighted by Crippen LogP contribution is 2.38. The quantitative estimate of drug-likeness (QED) is 0.430. The number of urea groups is 1. The molecule has 0 aliphatic carbocycles. The number of ether oxygens (including phenoxy) is 1. The number of hydrogen-bond acceptors (Lipinski definition) is 4. The second-order valence-electron chi connectivity index (χ2n) is 8.57. The molecular formula is C24H26Cl3N3O3S. The number of benzene rings is 2. The number of piperidine rings is 1. The van der Waals surface area contributed by atoms with Crippen LogP contribution in [0, 0.1) is 0 Å². The Morgan fingerprint density at radius 3 is 2.44 bits per heavy atom. The lowest BCUT2D eigenvalue weighted by Crippen LogP contribution is -2.52. The van der Waals surface area contributed by atoms with Gasteiger partial charge < -0.3 is 19.7 Å². The van der Waals surface area contributed by atoms with Crippen LogP contribution in [0.4, 0.5) is 4.79 Å². The first-order chi connectivity index (χ1) is 16.3. The highest BCUT2D eigenvalue weighted by Gasteiger charge is 2.44. The standard InChI is InChI=1S/C24H26Cl3N3O3S/c1-34-29-23(31)9-14-2-7-22(21(27)8-14)33-19-11-17-5-6-18(12-19)30(17)24(32)28-13-15-3-4-16(25)10-20(15)26/h2-4,7-8,10,17-19H,5-6,9,11-13H2,1H3,(H,28,32)(H,29,31)/t17-,18?,19?/m1/s1. The van der Waals surface area contributed by atoms with Crippen LogP contribution in [0.25, 0.3) is 0 Å². The maximum atomic E-state index is 13.0. The minimum atomic E-state index is -0.0807. The summed E-state index contributed by atoms with van der Waals surface area (Å²) in [6.07, 6.45) is 5.46. The van der Waals surface area contributed by atoms with E-state index in [1.54, 1.807) is 24.5 Å². The summed E-state index contributed by atoms with van der Waals surface area (Å²) >= 11 is 19.9. The number of nitrogens with zero attached hydrogens (tertiary/aromatic N) is 1. The topological polar surface area (TPSA) is 70.7 Å². The lowest BCUT2D eigenvalue weighted by molar-refractivity contribution is -0.118. The second kappa shape index (κ2) is 11.3. The minimum absolute atomic E-state index is 0.0181. The normalized spacial score (nSPS) is 21.3. The van der Waals surface area contributed by atoms with E-state index in [9.17, 15) is 9.59 Å². The van der Waals surface area contributed by atoms with E-state index in [2.05, 4.69) is 10.0 Å². The number of hydrogen-bond donors (Lipinski definition) is 2. The Balaban J connectivity index is 1.33. The Morgan fingerprint density at radius 1 is 1.06 bits per heavy atom. The van der Waals surface area contributed by atoms with E-state index in [1.165, 1.54) is 11.9 Å². The van der Waals surface area contributed by atoms with Gasteiger partial charge >= 0.3 is 6.03 Å². The molecule has 0 saturated carbocycles. The van der Waals surface area contributed by atoms with Crippen LogP contribution in [0.3, 0.4) is 0 Å². The van der Waals surface area contributed by atoms with Gasteiger partial charge in [0.05, 0.1) is 11.4 Å².